The molecule has 17 heavy (non-hydrogen) atoms. The molecular formula is C9H14Cl2N2O2S2. The van der Waals surface area contributed by atoms with E-state index in [1.807, 2.05) is 0 Å². The molecular weight excluding hydrogens is 303 g/mol. The fourth-order valence-electron chi connectivity index (χ4n) is 1.56. The molecule has 98 valence electrons. The summed E-state index contributed by atoms with van der Waals surface area (Å²) in [5.74, 6) is 0. The number of hydrogen-bond donors (Lipinski definition) is 2. The minimum atomic E-state index is -3.44. The maximum atomic E-state index is 11.8. The summed E-state index contributed by atoms with van der Waals surface area (Å²) in [4.78, 5) is 0. The van der Waals surface area contributed by atoms with Gasteiger partial charge in [0.15, 0.2) is 0 Å². The summed E-state index contributed by atoms with van der Waals surface area (Å²) in [6.07, 6.45) is 2.82. The first-order valence-corrected chi connectivity index (χ1v) is 7.63. The van der Waals surface area contributed by atoms with Gasteiger partial charge in [0.2, 0.25) is 10.0 Å². The monoisotopic (exact) mass is 316 g/mol. The normalized spacial score (nSPS) is 18.2. The largest absolute Gasteiger partial charge is 0.324 e. The van der Waals surface area contributed by atoms with Crippen LogP contribution in [0.2, 0.25) is 4.34 Å². The van der Waals surface area contributed by atoms with E-state index in [0.29, 0.717) is 10.9 Å². The Bertz CT molecular complexity index is 483. The predicted octanol–water partition coefficient (Wildman–Crippen LogP) is 1.98. The van der Waals surface area contributed by atoms with E-state index in [1.54, 1.807) is 6.07 Å². The molecule has 0 unspecified atom stereocenters. The highest BCUT2D eigenvalue weighted by Crippen LogP contribution is 2.29. The maximum Gasteiger partial charge on any atom is 0.250 e. The standard InChI is InChI=1S/C9H13ClN2O2S2.ClH/c10-7-2-3-8(15-7)16(13,14)12-6-9(11)4-1-5-9;/h2-3,12H,1,4-6,11H2;1H. The number of rotatable bonds is 4. The molecule has 1 heterocycles. The molecule has 1 aliphatic carbocycles. The van der Waals surface area contributed by atoms with Crippen LogP contribution in [-0.4, -0.2) is 20.5 Å². The SMILES string of the molecule is Cl.NC1(CNS(=O)(=O)c2ccc(Cl)s2)CCC1. The van der Waals surface area contributed by atoms with Crippen LogP contribution in [0, 0.1) is 0 Å². The Labute approximate surface area is 116 Å². The van der Waals surface area contributed by atoms with Crippen LogP contribution in [0.3, 0.4) is 0 Å². The van der Waals surface area contributed by atoms with Gasteiger partial charge in [0.25, 0.3) is 0 Å². The first-order chi connectivity index (χ1) is 7.41. The van der Waals surface area contributed by atoms with Crippen molar-refractivity contribution < 1.29 is 8.42 Å². The topological polar surface area (TPSA) is 72.2 Å². The fraction of sp³-hybridized carbons (Fsp3) is 0.556. The predicted molar refractivity (Wildman–Crippen MR) is 72.5 cm³/mol. The molecule has 0 atom stereocenters. The maximum absolute atomic E-state index is 11.8. The minimum absolute atomic E-state index is 0. The van der Waals surface area contributed by atoms with Crippen LogP contribution >= 0.6 is 35.3 Å². The van der Waals surface area contributed by atoms with E-state index in [-0.39, 0.29) is 22.2 Å². The summed E-state index contributed by atoms with van der Waals surface area (Å²) < 4.78 is 26.9. The second kappa shape index (κ2) is 5.42. The van der Waals surface area contributed by atoms with Crippen molar-refractivity contribution >= 4 is 45.4 Å². The molecule has 1 aromatic rings. The van der Waals surface area contributed by atoms with Gasteiger partial charge in [-0.05, 0) is 31.4 Å². The van der Waals surface area contributed by atoms with Gasteiger partial charge in [-0.15, -0.1) is 23.7 Å². The summed E-state index contributed by atoms with van der Waals surface area (Å²) in [7, 11) is -3.44. The molecule has 2 rings (SSSR count). The second-order valence-electron chi connectivity index (χ2n) is 4.10. The summed E-state index contributed by atoms with van der Waals surface area (Å²) in [5.41, 5.74) is 5.59. The Hall–Kier alpha value is 0.150. The van der Waals surface area contributed by atoms with E-state index in [1.165, 1.54) is 6.07 Å². The fourth-order valence-corrected chi connectivity index (χ4v) is 4.23. The smallest absolute Gasteiger partial charge is 0.250 e. The van der Waals surface area contributed by atoms with Crippen molar-refractivity contribution in [1.29, 1.82) is 0 Å². The first-order valence-electron chi connectivity index (χ1n) is 4.95. The van der Waals surface area contributed by atoms with Crippen molar-refractivity contribution in [3.05, 3.63) is 16.5 Å². The van der Waals surface area contributed by atoms with Gasteiger partial charge in [0.1, 0.15) is 4.21 Å². The third-order valence-electron chi connectivity index (χ3n) is 2.78. The van der Waals surface area contributed by atoms with Gasteiger partial charge in [-0.25, -0.2) is 13.1 Å². The molecule has 0 radical (unpaired) electrons. The zero-order chi connectivity index (χ0) is 11.8. The van der Waals surface area contributed by atoms with Gasteiger partial charge < -0.3 is 5.73 Å². The Morgan fingerprint density at radius 2 is 2.12 bits per heavy atom. The van der Waals surface area contributed by atoms with Crippen molar-refractivity contribution in [2.75, 3.05) is 6.54 Å². The number of nitrogens with two attached hydrogens (primary N) is 1. The molecule has 8 heteroatoms. The van der Waals surface area contributed by atoms with Gasteiger partial charge in [-0.3, -0.25) is 0 Å². The summed E-state index contributed by atoms with van der Waals surface area (Å²) >= 11 is 6.74. The van der Waals surface area contributed by atoms with Crippen molar-refractivity contribution in [2.24, 2.45) is 5.73 Å². The minimum Gasteiger partial charge on any atom is -0.324 e. The summed E-state index contributed by atoms with van der Waals surface area (Å²) in [6, 6.07) is 3.07. The van der Waals surface area contributed by atoms with E-state index in [9.17, 15) is 8.42 Å². The van der Waals surface area contributed by atoms with Crippen LogP contribution in [0.15, 0.2) is 16.3 Å². The van der Waals surface area contributed by atoms with Crippen molar-refractivity contribution in [3.8, 4) is 0 Å². The van der Waals surface area contributed by atoms with Gasteiger partial charge in [-0.1, -0.05) is 11.6 Å². The Kier molecular flexibility index (Phi) is 4.85. The van der Waals surface area contributed by atoms with E-state index in [0.717, 1.165) is 30.6 Å². The average molecular weight is 317 g/mol. The molecule has 4 nitrogen and oxygen atoms in total. The van der Waals surface area contributed by atoms with E-state index >= 15 is 0 Å². The lowest BCUT2D eigenvalue weighted by atomic mass is 9.78. The lowest BCUT2D eigenvalue weighted by Crippen LogP contribution is -2.54. The van der Waals surface area contributed by atoms with Crippen LogP contribution in [0.4, 0.5) is 0 Å². The van der Waals surface area contributed by atoms with Crippen molar-refractivity contribution in [3.63, 3.8) is 0 Å². The average Bonchev–Trinajstić information content (AvgIpc) is 2.60. The van der Waals surface area contributed by atoms with Crippen LogP contribution in [-0.2, 0) is 10.0 Å². The van der Waals surface area contributed by atoms with Gasteiger partial charge in [0.05, 0.1) is 4.34 Å². The van der Waals surface area contributed by atoms with Crippen LogP contribution in [0.1, 0.15) is 19.3 Å². The molecule has 0 aromatic carbocycles. The number of thiophene rings is 1. The highest BCUT2D eigenvalue weighted by atomic mass is 35.5. The third-order valence-corrected chi connectivity index (χ3v) is 5.90. The quantitative estimate of drug-likeness (QED) is 0.892. The van der Waals surface area contributed by atoms with E-state index in [2.05, 4.69) is 4.72 Å². The molecule has 1 saturated carbocycles. The van der Waals surface area contributed by atoms with E-state index in [4.69, 9.17) is 17.3 Å². The zero-order valence-corrected chi connectivity index (χ0v) is 12.2. The number of halogens is 2. The lowest BCUT2D eigenvalue weighted by Gasteiger charge is -2.37. The Morgan fingerprint density at radius 3 is 2.53 bits per heavy atom. The Morgan fingerprint density at radius 1 is 1.47 bits per heavy atom. The lowest BCUT2D eigenvalue weighted by molar-refractivity contribution is 0.251. The molecule has 0 amide bonds. The molecule has 0 saturated heterocycles. The van der Waals surface area contributed by atoms with Crippen LogP contribution < -0.4 is 10.5 Å². The van der Waals surface area contributed by atoms with Gasteiger partial charge in [-0.2, -0.15) is 0 Å². The zero-order valence-electron chi connectivity index (χ0n) is 8.98. The van der Waals surface area contributed by atoms with Crippen molar-refractivity contribution in [1.82, 2.24) is 4.72 Å². The van der Waals surface area contributed by atoms with Crippen molar-refractivity contribution in [2.45, 2.75) is 29.0 Å². The molecule has 1 fully saturated rings. The van der Waals surface area contributed by atoms with Crippen LogP contribution in [0.5, 0.6) is 0 Å². The molecule has 0 spiro atoms. The molecule has 1 aromatic heterocycles. The first kappa shape index (κ1) is 15.2. The highest BCUT2D eigenvalue weighted by molar-refractivity contribution is 7.91. The second-order valence-corrected chi connectivity index (χ2v) is 7.81. The van der Waals surface area contributed by atoms with Gasteiger partial charge in [0, 0.05) is 12.1 Å². The number of nitrogens with one attached hydrogen (secondary N) is 1. The molecule has 0 aliphatic heterocycles. The molecule has 3 N–H and O–H groups in total. The van der Waals surface area contributed by atoms with Crippen LogP contribution in [0.25, 0.3) is 0 Å². The summed E-state index contributed by atoms with van der Waals surface area (Å²) in [5, 5.41) is 0. The Balaban J connectivity index is 0.00000144. The molecule has 0 bridgehead atoms. The number of sulfonamides is 1. The highest BCUT2D eigenvalue weighted by Gasteiger charge is 2.33. The molecule has 1 aliphatic rings. The van der Waals surface area contributed by atoms with E-state index < -0.39 is 10.0 Å². The van der Waals surface area contributed by atoms with Gasteiger partial charge >= 0.3 is 0 Å². The summed E-state index contributed by atoms with van der Waals surface area (Å²) in [6.45, 7) is 0.296. The third kappa shape index (κ3) is 3.56. The number of hydrogen-bond acceptors (Lipinski definition) is 4.